The fourth-order valence-electron chi connectivity index (χ4n) is 1.83. The molecule has 1 rings (SSSR count). The Balaban J connectivity index is 2.29. The van der Waals surface area contributed by atoms with Crippen LogP contribution in [0.2, 0.25) is 0 Å². The standard InChI is InChI=1S/C10H20O6S/c1-17(13,14)15-8-7-10(11,12)16-9-5-3-2-4-6-9/h9,11-12H,2-8H2,1H3. The van der Waals surface area contributed by atoms with Crippen molar-refractivity contribution < 1.29 is 27.6 Å². The third-order valence-corrected chi connectivity index (χ3v) is 3.23. The summed E-state index contributed by atoms with van der Waals surface area (Å²) in [4.78, 5) is 0. The van der Waals surface area contributed by atoms with Crippen molar-refractivity contribution in [2.45, 2.75) is 50.6 Å². The highest BCUT2D eigenvalue weighted by atomic mass is 32.2. The Bertz CT molecular complexity index is 318. The first-order valence-corrected chi connectivity index (χ1v) is 7.57. The molecule has 0 amide bonds. The van der Waals surface area contributed by atoms with Gasteiger partial charge in [0.05, 0.1) is 25.4 Å². The molecule has 0 spiro atoms. The van der Waals surface area contributed by atoms with Crippen molar-refractivity contribution in [2.24, 2.45) is 0 Å². The van der Waals surface area contributed by atoms with E-state index in [-0.39, 0.29) is 19.1 Å². The van der Waals surface area contributed by atoms with Gasteiger partial charge in [0.15, 0.2) is 0 Å². The summed E-state index contributed by atoms with van der Waals surface area (Å²) in [5.74, 6) is -2.31. The van der Waals surface area contributed by atoms with E-state index in [9.17, 15) is 18.6 Å². The second kappa shape index (κ2) is 6.10. The molecular weight excluding hydrogens is 248 g/mol. The van der Waals surface area contributed by atoms with Crippen LogP contribution in [0.4, 0.5) is 0 Å². The largest absolute Gasteiger partial charge is 0.343 e. The number of hydrogen-bond acceptors (Lipinski definition) is 6. The van der Waals surface area contributed by atoms with Crippen molar-refractivity contribution in [1.82, 2.24) is 0 Å². The molecule has 1 saturated carbocycles. The van der Waals surface area contributed by atoms with Gasteiger partial charge in [-0.3, -0.25) is 4.18 Å². The molecule has 7 heteroatoms. The third-order valence-electron chi connectivity index (χ3n) is 2.63. The Morgan fingerprint density at radius 1 is 1.24 bits per heavy atom. The molecule has 0 atom stereocenters. The lowest BCUT2D eigenvalue weighted by Gasteiger charge is -2.29. The van der Waals surface area contributed by atoms with E-state index in [2.05, 4.69) is 4.18 Å². The molecule has 6 nitrogen and oxygen atoms in total. The Morgan fingerprint density at radius 3 is 2.35 bits per heavy atom. The van der Waals surface area contributed by atoms with Crippen LogP contribution in [0, 0.1) is 0 Å². The maximum absolute atomic E-state index is 10.7. The van der Waals surface area contributed by atoms with E-state index >= 15 is 0 Å². The fourth-order valence-corrected chi connectivity index (χ4v) is 2.22. The Hall–Kier alpha value is -0.210. The van der Waals surface area contributed by atoms with E-state index in [1.165, 1.54) is 0 Å². The van der Waals surface area contributed by atoms with Crippen LogP contribution < -0.4 is 0 Å². The van der Waals surface area contributed by atoms with Gasteiger partial charge in [0.25, 0.3) is 16.1 Å². The van der Waals surface area contributed by atoms with Gasteiger partial charge in [-0.15, -0.1) is 0 Å². The van der Waals surface area contributed by atoms with Crippen LogP contribution in [0.15, 0.2) is 0 Å². The van der Waals surface area contributed by atoms with Gasteiger partial charge in [-0.25, -0.2) is 0 Å². The first kappa shape index (κ1) is 14.8. The minimum atomic E-state index is -3.56. The number of rotatable bonds is 6. The quantitative estimate of drug-likeness (QED) is 0.533. The van der Waals surface area contributed by atoms with Crippen molar-refractivity contribution in [1.29, 1.82) is 0 Å². The highest BCUT2D eigenvalue weighted by molar-refractivity contribution is 7.85. The average molecular weight is 268 g/mol. The highest BCUT2D eigenvalue weighted by Crippen LogP contribution is 2.24. The second-order valence-corrected chi connectivity index (χ2v) is 6.04. The second-order valence-electron chi connectivity index (χ2n) is 4.40. The van der Waals surface area contributed by atoms with Gasteiger partial charge in [0.2, 0.25) is 0 Å². The van der Waals surface area contributed by atoms with E-state index in [1.54, 1.807) is 0 Å². The van der Waals surface area contributed by atoms with E-state index in [0.29, 0.717) is 0 Å². The van der Waals surface area contributed by atoms with Crippen LogP contribution in [0.3, 0.4) is 0 Å². The van der Waals surface area contributed by atoms with Crippen LogP contribution in [0.1, 0.15) is 38.5 Å². The highest BCUT2D eigenvalue weighted by Gasteiger charge is 2.29. The smallest absolute Gasteiger partial charge is 0.280 e. The number of ether oxygens (including phenoxy) is 1. The molecule has 0 saturated heterocycles. The molecule has 102 valence electrons. The maximum Gasteiger partial charge on any atom is 0.280 e. The molecule has 0 bridgehead atoms. The van der Waals surface area contributed by atoms with Gasteiger partial charge in [-0.05, 0) is 12.8 Å². The Labute approximate surface area is 102 Å². The lowest BCUT2D eigenvalue weighted by Crippen LogP contribution is -2.38. The molecule has 0 aromatic heterocycles. The monoisotopic (exact) mass is 268 g/mol. The van der Waals surface area contributed by atoms with Crippen LogP contribution in [-0.4, -0.2) is 43.6 Å². The van der Waals surface area contributed by atoms with Crippen molar-refractivity contribution in [3.05, 3.63) is 0 Å². The normalized spacial score (nSPS) is 19.5. The van der Waals surface area contributed by atoms with Gasteiger partial charge in [-0.1, -0.05) is 19.3 Å². The summed E-state index contributed by atoms with van der Waals surface area (Å²) >= 11 is 0. The van der Waals surface area contributed by atoms with Gasteiger partial charge >= 0.3 is 0 Å². The van der Waals surface area contributed by atoms with Gasteiger partial charge < -0.3 is 14.9 Å². The van der Waals surface area contributed by atoms with Crippen molar-refractivity contribution in [3.63, 3.8) is 0 Å². The zero-order valence-corrected chi connectivity index (χ0v) is 10.8. The molecule has 0 aromatic carbocycles. The molecule has 17 heavy (non-hydrogen) atoms. The van der Waals surface area contributed by atoms with Crippen molar-refractivity contribution >= 4 is 10.1 Å². The lowest BCUT2D eigenvalue weighted by atomic mass is 9.98. The first-order valence-electron chi connectivity index (χ1n) is 5.75. The molecule has 0 heterocycles. The molecule has 0 radical (unpaired) electrons. The SMILES string of the molecule is CS(=O)(=O)OCCC(O)(O)OC1CCCCC1. The molecule has 0 unspecified atom stereocenters. The van der Waals surface area contributed by atoms with E-state index in [1.807, 2.05) is 0 Å². The van der Waals surface area contributed by atoms with Gasteiger partial charge in [0, 0.05) is 0 Å². The predicted molar refractivity (Wildman–Crippen MR) is 60.5 cm³/mol. The third kappa shape index (κ3) is 6.95. The number of aliphatic hydroxyl groups is 2. The maximum atomic E-state index is 10.7. The minimum absolute atomic E-state index is 0.169. The van der Waals surface area contributed by atoms with E-state index in [4.69, 9.17) is 4.74 Å². The van der Waals surface area contributed by atoms with Crippen molar-refractivity contribution in [3.8, 4) is 0 Å². The van der Waals surface area contributed by atoms with Gasteiger partial charge in [0.1, 0.15) is 0 Å². The predicted octanol–water partition coefficient (Wildman–Crippen LogP) is 0.340. The molecule has 1 aliphatic carbocycles. The molecule has 2 N–H and O–H groups in total. The lowest BCUT2D eigenvalue weighted by molar-refractivity contribution is -0.360. The molecular formula is C10H20O6S. The Morgan fingerprint density at radius 2 is 1.82 bits per heavy atom. The zero-order chi connectivity index (χ0) is 12.9. The van der Waals surface area contributed by atoms with Gasteiger partial charge in [-0.2, -0.15) is 8.42 Å². The molecule has 1 aliphatic rings. The summed E-state index contributed by atoms with van der Waals surface area (Å²) in [6.45, 7) is -0.307. The topological polar surface area (TPSA) is 93.1 Å². The van der Waals surface area contributed by atoms with Crippen LogP contribution in [-0.2, 0) is 19.0 Å². The summed E-state index contributed by atoms with van der Waals surface area (Å²) in [5, 5.41) is 19.0. The zero-order valence-electron chi connectivity index (χ0n) is 9.96. The van der Waals surface area contributed by atoms with Crippen LogP contribution in [0.5, 0.6) is 0 Å². The Kier molecular flexibility index (Phi) is 5.33. The summed E-state index contributed by atoms with van der Waals surface area (Å²) in [7, 11) is -3.56. The first-order chi connectivity index (χ1) is 7.79. The summed E-state index contributed by atoms with van der Waals surface area (Å²) in [6.07, 6.45) is 5.22. The van der Waals surface area contributed by atoms with E-state index < -0.39 is 16.1 Å². The average Bonchev–Trinajstić information content (AvgIpc) is 2.15. The summed E-state index contributed by atoms with van der Waals surface area (Å²) in [6, 6.07) is 0. The van der Waals surface area contributed by atoms with Crippen LogP contribution >= 0.6 is 0 Å². The van der Waals surface area contributed by atoms with Crippen molar-refractivity contribution in [2.75, 3.05) is 12.9 Å². The minimum Gasteiger partial charge on any atom is -0.343 e. The summed E-state index contributed by atoms with van der Waals surface area (Å²) in [5.41, 5.74) is 0. The summed E-state index contributed by atoms with van der Waals surface area (Å²) < 4.78 is 30.9. The van der Waals surface area contributed by atoms with E-state index in [0.717, 1.165) is 38.4 Å². The molecule has 0 aliphatic heterocycles. The molecule has 1 fully saturated rings. The van der Waals surface area contributed by atoms with Crippen LogP contribution in [0.25, 0.3) is 0 Å². The number of hydrogen-bond donors (Lipinski definition) is 2. The molecule has 0 aromatic rings. The fraction of sp³-hybridized carbons (Fsp3) is 1.00.